The first-order valence-corrected chi connectivity index (χ1v) is 5.40. The highest BCUT2D eigenvalue weighted by atomic mass is 35.5. The van der Waals surface area contributed by atoms with Crippen LogP contribution in [0.25, 0.3) is 0 Å². The molecule has 0 aromatic carbocycles. The van der Waals surface area contributed by atoms with Gasteiger partial charge < -0.3 is 5.32 Å². The van der Waals surface area contributed by atoms with Gasteiger partial charge in [0, 0.05) is 0 Å². The molecule has 1 N–H and O–H groups in total. The van der Waals surface area contributed by atoms with Gasteiger partial charge in [0.05, 0.1) is 17.6 Å². The fourth-order valence-corrected chi connectivity index (χ4v) is 1.52. The van der Waals surface area contributed by atoms with E-state index < -0.39 is 5.82 Å². The van der Waals surface area contributed by atoms with Crippen LogP contribution >= 0.6 is 23.2 Å². The van der Waals surface area contributed by atoms with Crippen LogP contribution in [0.2, 0.25) is 10.4 Å². The molecule has 0 bridgehead atoms. The molecule has 7 heteroatoms. The van der Waals surface area contributed by atoms with Crippen molar-refractivity contribution < 1.29 is 4.39 Å². The van der Waals surface area contributed by atoms with E-state index in [4.69, 9.17) is 23.2 Å². The molecule has 0 saturated carbocycles. The van der Waals surface area contributed by atoms with E-state index in [0.29, 0.717) is 10.8 Å². The lowest BCUT2D eigenvalue weighted by molar-refractivity contribution is 0.607. The van der Waals surface area contributed by atoms with Crippen molar-refractivity contribution in [1.82, 2.24) is 15.0 Å². The smallest absolute Gasteiger partial charge is 0.224 e. The highest BCUT2D eigenvalue weighted by Crippen LogP contribution is 2.21. The van der Waals surface area contributed by atoms with Crippen LogP contribution in [0.15, 0.2) is 18.3 Å². The monoisotopic (exact) mass is 272 g/mol. The molecule has 2 rings (SSSR count). The molecular weight excluding hydrogens is 266 g/mol. The maximum absolute atomic E-state index is 13.7. The van der Waals surface area contributed by atoms with E-state index in [1.165, 1.54) is 13.1 Å². The molecule has 0 aliphatic rings. The minimum Gasteiger partial charge on any atom is -0.336 e. The fraction of sp³-hybridized carbons (Fsp3) is 0.100. The second-order valence-electron chi connectivity index (χ2n) is 3.24. The van der Waals surface area contributed by atoms with Crippen molar-refractivity contribution in [3.8, 4) is 0 Å². The lowest BCUT2D eigenvalue weighted by Crippen LogP contribution is -2.02. The molecule has 0 amide bonds. The van der Waals surface area contributed by atoms with Crippen LogP contribution < -0.4 is 5.32 Å². The summed E-state index contributed by atoms with van der Waals surface area (Å²) >= 11 is 11.3. The molecule has 88 valence electrons. The van der Waals surface area contributed by atoms with E-state index in [9.17, 15) is 4.39 Å². The molecule has 4 nitrogen and oxygen atoms in total. The number of pyridine rings is 1. The highest BCUT2D eigenvalue weighted by molar-refractivity contribution is 6.29. The third-order valence-corrected chi connectivity index (χ3v) is 2.37. The quantitative estimate of drug-likeness (QED) is 0.673. The Morgan fingerprint density at radius 2 is 2.00 bits per heavy atom. The van der Waals surface area contributed by atoms with Gasteiger partial charge in [-0.15, -0.1) is 0 Å². The lowest BCUT2D eigenvalue weighted by Gasteiger charge is -2.07. The van der Waals surface area contributed by atoms with Gasteiger partial charge in [-0.25, -0.2) is 14.4 Å². The van der Waals surface area contributed by atoms with Gasteiger partial charge in [-0.05, 0) is 30.7 Å². The maximum atomic E-state index is 13.7. The predicted octanol–water partition coefficient (Wildman–Crippen LogP) is 3.37. The van der Waals surface area contributed by atoms with E-state index in [0.717, 1.165) is 0 Å². The summed E-state index contributed by atoms with van der Waals surface area (Å²) in [5, 5.41) is 3.08. The van der Waals surface area contributed by atoms with Crippen LogP contribution in [0.3, 0.4) is 0 Å². The van der Waals surface area contributed by atoms with Crippen molar-refractivity contribution >= 4 is 34.7 Å². The van der Waals surface area contributed by atoms with Gasteiger partial charge in [-0.2, -0.15) is 4.98 Å². The molecule has 0 fully saturated rings. The molecule has 0 aliphatic carbocycles. The Kier molecular flexibility index (Phi) is 3.40. The highest BCUT2D eigenvalue weighted by Gasteiger charge is 2.10. The number of anilines is 2. The molecule has 2 aromatic rings. The van der Waals surface area contributed by atoms with E-state index in [1.807, 2.05) is 0 Å². The summed E-state index contributed by atoms with van der Waals surface area (Å²) in [5.74, 6) is -0.545. The summed E-state index contributed by atoms with van der Waals surface area (Å²) in [6.45, 7) is 1.51. The number of nitrogens with zero attached hydrogens (tertiary/aromatic N) is 3. The van der Waals surface area contributed by atoms with Crippen molar-refractivity contribution in [1.29, 1.82) is 0 Å². The Morgan fingerprint density at radius 3 is 2.65 bits per heavy atom. The molecule has 0 radical (unpaired) electrons. The molecule has 0 spiro atoms. The Morgan fingerprint density at radius 1 is 1.24 bits per heavy atom. The molecule has 2 aromatic heterocycles. The van der Waals surface area contributed by atoms with E-state index >= 15 is 0 Å². The maximum Gasteiger partial charge on any atom is 0.224 e. The Bertz CT molecular complexity index is 545. The van der Waals surface area contributed by atoms with Crippen molar-refractivity contribution in [2.45, 2.75) is 6.92 Å². The average molecular weight is 273 g/mol. The van der Waals surface area contributed by atoms with Gasteiger partial charge in [-0.3, -0.25) is 0 Å². The minimum absolute atomic E-state index is 0.00613. The number of hydrogen-bond donors (Lipinski definition) is 1. The van der Waals surface area contributed by atoms with Gasteiger partial charge in [0.1, 0.15) is 5.15 Å². The number of halogens is 3. The summed E-state index contributed by atoms with van der Waals surface area (Å²) in [6, 6.07) is 3.23. The molecule has 0 atom stereocenters. The number of aromatic nitrogens is 3. The van der Waals surface area contributed by atoms with Crippen LogP contribution in [0.1, 0.15) is 5.69 Å². The van der Waals surface area contributed by atoms with Crippen LogP contribution in [-0.4, -0.2) is 15.0 Å². The Hall–Kier alpha value is -1.46. The summed E-state index contributed by atoms with van der Waals surface area (Å²) in [4.78, 5) is 11.3. The summed E-state index contributed by atoms with van der Waals surface area (Å²) in [5.41, 5.74) is 0.733. The molecule has 2 heterocycles. The van der Waals surface area contributed by atoms with Gasteiger partial charge in [0.15, 0.2) is 11.6 Å². The van der Waals surface area contributed by atoms with Crippen LogP contribution in [0.5, 0.6) is 0 Å². The van der Waals surface area contributed by atoms with Crippen LogP contribution in [0.4, 0.5) is 15.9 Å². The van der Waals surface area contributed by atoms with Crippen LogP contribution in [0, 0.1) is 12.7 Å². The zero-order chi connectivity index (χ0) is 12.4. The SMILES string of the molecule is Cc1nc(Cl)nc(Nc2ccc(Cl)nc2)c1F. The third kappa shape index (κ3) is 2.81. The summed E-state index contributed by atoms with van der Waals surface area (Å²) < 4.78 is 13.7. The van der Waals surface area contributed by atoms with Crippen LogP contribution in [-0.2, 0) is 0 Å². The van der Waals surface area contributed by atoms with Gasteiger partial charge in [0.25, 0.3) is 0 Å². The Labute approximate surface area is 107 Å². The largest absolute Gasteiger partial charge is 0.336 e. The first-order chi connectivity index (χ1) is 8.06. The molecular formula is C10H7Cl2FN4. The average Bonchev–Trinajstić information content (AvgIpc) is 2.28. The molecule has 17 heavy (non-hydrogen) atoms. The first-order valence-electron chi connectivity index (χ1n) is 4.64. The van der Waals surface area contributed by atoms with Crippen molar-refractivity contribution in [2.24, 2.45) is 0 Å². The zero-order valence-corrected chi connectivity index (χ0v) is 10.2. The zero-order valence-electron chi connectivity index (χ0n) is 8.71. The third-order valence-electron chi connectivity index (χ3n) is 1.98. The summed E-state index contributed by atoms with van der Waals surface area (Å²) in [7, 11) is 0. The second kappa shape index (κ2) is 4.81. The second-order valence-corrected chi connectivity index (χ2v) is 3.96. The normalized spacial score (nSPS) is 10.4. The molecule has 0 unspecified atom stereocenters. The standard InChI is InChI=1S/C10H7Cl2FN4/c1-5-8(13)9(17-10(12)15-5)16-6-2-3-7(11)14-4-6/h2-4H,1H3,(H,15,16,17). The van der Waals surface area contributed by atoms with Gasteiger partial charge in [0.2, 0.25) is 5.28 Å². The lowest BCUT2D eigenvalue weighted by atomic mass is 10.3. The first kappa shape index (κ1) is 12.0. The van der Waals surface area contributed by atoms with Gasteiger partial charge >= 0.3 is 0 Å². The Balaban J connectivity index is 2.32. The fourth-order valence-electron chi connectivity index (χ4n) is 1.19. The van der Waals surface area contributed by atoms with E-state index in [2.05, 4.69) is 20.3 Å². The molecule has 0 aliphatic heterocycles. The van der Waals surface area contributed by atoms with E-state index in [-0.39, 0.29) is 16.8 Å². The number of rotatable bonds is 2. The summed E-state index contributed by atoms with van der Waals surface area (Å²) in [6.07, 6.45) is 1.47. The number of nitrogens with one attached hydrogen (secondary N) is 1. The number of aryl methyl sites for hydroxylation is 1. The van der Waals surface area contributed by atoms with Crippen molar-refractivity contribution in [2.75, 3.05) is 5.32 Å². The van der Waals surface area contributed by atoms with Crippen molar-refractivity contribution in [3.63, 3.8) is 0 Å². The minimum atomic E-state index is -0.552. The molecule has 0 saturated heterocycles. The van der Waals surface area contributed by atoms with Crippen molar-refractivity contribution in [3.05, 3.63) is 40.3 Å². The predicted molar refractivity (Wildman–Crippen MR) is 64.3 cm³/mol. The topological polar surface area (TPSA) is 50.7 Å². The number of hydrogen-bond acceptors (Lipinski definition) is 4. The van der Waals surface area contributed by atoms with E-state index in [1.54, 1.807) is 12.1 Å². The van der Waals surface area contributed by atoms with Gasteiger partial charge in [-0.1, -0.05) is 11.6 Å².